The van der Waals surface area contributed by atoms with Gasteiger partial charge in [0.2, 0.25) is 0 Å². The summed E-state index contributed by atoms with van der Waals surface area (Å²) in [5, 5.41) is 4.63. The van der Waals surface area contributed by atoms with Gasteiger partial charge in [0.05, 0.1) is 17.8 Å². The Morgan fingerprint density at radius 3 is 2.36 bits per heavy atom. The average Bonchev–Trinajstić information content (AvgIpc) is 3.41. The van der Waals surface area contributed by atoms with Gasteiger partial charge in [0, 0.05) is 13.2 Å². The van der Waals surface area contributed by atoms with Crippen LogP contribution < -0.4 is 0 Å². The van der Waals surface area contributed by atoms with Crippen LogP contribution in [0.25, 0.3) is 17.1 Å². The smallest absolute Gasteiger partial charge is 0.257 e. The number of para-hydroxylation sites is 1. The molecule has 0 radical (unpaired) electrons. The fourth-order valence-corrected chi connectivity index (χ4v) is 3.07. The lowest BCUT2D eigenvalue weighted by Crippen LogP contribution is -2.26. The van der Waals surface area contributed by atoms with Crippen LogP contribution in [0.3, 0.4) is 0 Å². The molecule has 3 heterocycles. The number of rotatable bonds is 5. The molecule has 0 atom stereocenters. The number of hydrogen-bond donors (Lipinski definition) is 0. The molecule has 3 aromatic heterocycles. The maximum atomic E-state index is 13.2. The van der Waals surface area contributed by atoms with E-state index in [0.717, 1.165) is 23.0 Å². The second-order valence-corrected chi connectivity index (χ2v) is 6.76. The molecule has 6 heteroatoms. The van der Waals surface area contributed by atoms with Crippen molar-refractivity contribution < 1.29 is 13.6 Å². The van der Waals surface area contributed by atoms with E-state index in [1.54, 1.807) is 22.8 Å². The molecule has 4 rings (SSSR count). The number of carbonyl (C=O) groups is 1. The van der Waals surface area contributed by atoms with Gasteiger partial charge >= 0.3 is 0 Å². The van der Waals surface area contributed by atoms with Gasteiger partial charge in [0.1, 0.15) is 23.0 Å². The van der Waals surface area contributed by atoms with E-state index in [1.165, 1.54) is 0 Å². The Hall–Kier alpha value is -3.54. The molecule has 1 aromatic carbocycles. The Labute approximate surface area is 163 Å². The van der Waals surface area contributed by atoms with Gasteiger partial charge in [-0.1, -0.05) is 18.2 Å². The van der Waals surface area contributed by atoms with E-state index < -0.39 is 0 Å². The van der Waals surface area contributed by atoms with Crippen molar-refractivity contribution in [1.82, 2.24) is 14.7 Å². The average molecular weight is 375 g/mol. The normalized spacial score (nSPS) is 11.0. The van der Waals surface area contributed by atoms with Gasteiger partial charge in [-0.2, -0.15) is 5.10 Å². The molecule has 28 heavy (non-hydrogen) atoms. The highest BCUT2D eigenvalue weighted by Crippen LogP contribution is 2.27. The predicted molar refractivity (Wildman–Crippen MR) is 105 cm³/mol. The van der Waals surface area contributed by atoms with E-state index in [1.807, 2.05) is 68.4 Å². The van der Waals surface area contributed by atoms with E-state index in [4.69, 9.17) is 8.83 Å². The lowest BCUT2D eigenvalue weighted by atomic mass is 10.2. The molecular weight excluding hydrogens is 354 g/mol. The van der Waals surface area contributed by atoms with Crippen LogP contribution in [0, 0.1) is 13.8 Å². The van der Waals surface area contributed by atoms with Gasteiger partial charge in [-0.15, -0.1) is 0 Å². The molecule has 0 spiro atoms. The highest BCUT2D eigenvalue weighted by molar-refractivity contribution is 5.99. The van der Waals surface area contributed by atoms with Crippen molar-refractivity contribution in [3.63, 3.8) is 0 Å². The summed E-state index contributed by atoms with van der Waals surface area (Å²) in [4.78, 5) is 14.8. The van der Waals surface area contributed by atoms with Crippen LogP contribution in [-0.4, -0.2) is 27.6 Å². The minimum atomic E-state index is -0.153. The topological polar surface area (TPSA) is 64.4 Å². The van der Waals surface area contributed by atoms with Crippen molar-refractivity contribution in [1.29, 1.82) is 0 Å². The first-order chi connectivity index (χ1) is 13.5. The number of benzene rings is 1. The molecule has 0 aliphatic carbocycles. The van der Waals surface area contributed by atoms with Gasteiger partial charge in [0.25, 0.3) is 5.91 Å². The van der Waals surface area contributed by atoms with Crippen LogP contribution >= 0.6 is 0 Å². The van der Waals surface area contributed by atoms with Crippen LogP contribution in [0.4, 0.5) is 0 Å². The Morgan fingerprint density at radius 1 is 1.00 bits per heavy atom. The summed E-state index contributed by atoms with van der Waals surface area (Å²) in [7, 11) is 1.75. The summed E-state index contributed by atoms with van der Waals surface area (Å²) >= 11 is 0. The predicted octanol–water partition coefficient (Wildman–Crippen LogP) is 4.61. The van der Waals surface area contributed by atoms with Crippen LogP contribution in [0.5, 0.6) is 0 Å². The number of aromatic nitrogens is 2. The molecule has 1 amide bonds. The number of amides is 1. The summed E-state index contributed by atoms with van der Waals surface area (Å²) < 4.78 is 13.0. The zero-order chi connectivity index (χ0) is 19.7. The first-order valence-electron chi connectivity index (χ1n) is 9.04. The number of furan rings is 2. The van der Waals surface area contributed by atoms with Crippen molar-refractivity contribution in [2.45, 2.75) is 20.4 Å². The summed E-state index contributed by atoms with van der Waals surface area (Å²) in [6, 6.07) is 17.1. The molecule has 142 valence electrons. The molecule has 0 bridgehead atoms. The molecule has 0 N–H and O–H groups in total. The third-order valence-corrected chi connectivity index (χ3v) is 4.47. The van der Waals surface area contributed by atoms with Gasteiger partial charge in [-0.05, 0) is 50.2 Å². The SMILES string of the molecule is Cc1ccc(CN(C)C(=O)c2cn(-c3ccccc3)nc2-c2ccc(C)o2)o1. The summed E-state index contributed by atoms with van der Waals surface area (Å²) in [6.07, 6.45) is 1.74. The fraction of sp³-hybridized carbons (Fsp3) is 0.182. The van der Waals surface area contributed by atoms with Crippen LogP contribution in [-0.2, 0) is 6.54 Å². The summed E-state index contributed by atoms with van der Waals surface area (Å²) in [5.74, 6) is 2.74. The molecule has 0 saturated heterocycles. The molecule has 0 aliphatic rings. The van der Waals surface area contributed by atoms with E-state index >= 15 is 0 Å². The Balaban J connectivity index is 1.71. The second kappa shape index (κ2) is 7.23. The number of aryl methyl sites for hydroxylation is 2. The standard InChI is InChI=1S/C22H21N3O3/c1-15-9-11-18(27-15)13-24(3)22(26)19-14-25(17-7-5-4-6-8-17)23-21(19)20-12-10-16(2)28-20/h4-12,14H,13H2,1-3H3. The molecule has 0 aliphatic heterocycles. The van der Waals surface area contributed by atoms with Gasteiger partial charge in [-0.3, -0.25) is 4.79 Å². The van der Waals surface area contributed by atoms with Gasteiger partial charge < -0.3 is 13.7 Å². The zero-order valence-corrected chi connectivity index (χ0v) is 16.0. The van der Waals surface area contributed by atoms with Crippen molar-refractivity contribution in [3.8, 4) is 17.1 Å². The fourth-order valence-electron chi connectivity index (χ4n) is 3.07. The molecule has 4 aromatic rings. The van der Waals surface area contributed by atoms with Gasteiger partial charge in [0.15, 0.2) is 5.76 Å². The van der Waals surface area contributed by atoms with Crippen molar-refractivity contribution in [2.24, 2.45) is 0 Å². The number of nitrogens with zero attached hydrogens (tertiary/aromatic N) is 3. The summed E-state index contributed by atoms with van der Waals surface area (Å²) in [5.41, 5.74) is 1.86. The first kappa shape index (κ1) is 17.9. The number of carbonyl (C=O) groups excluding carboxylic acids is 1. The van der Waals surface area contributed by atoms with Crippen LogP contribution in [0.15, 0.2) is 69.6 Å². The molecular formula is C22H21N3O3. The molecule has 6 nitrogen and oxygen atoms in total. The highest BCUT2D eigenvalue weighted by atomic mass is 16.3. The minimum absolute atomic E-state index is 0.153. The quantitative estimate of drug-likeness (QED) is 0.511. The third kappa shape index (κ3) is 3.49. The maximum absolute atomic E-state index is 13.2. The monoisotopic (exact) mass is 375 g/mol. The minimum Gasteiger partial charge on any atom is -0.464 e. The van der Waals surface area contributed by atoms with E-state index in [-0.39, 0.29) is 5.91 Å². The third-order valence-electron chi connectivity index (χ3n) is 4.47. The molecule has 0 fully saturated rings. The van der Waals surface area contributed by atoms with E-state index in [0.29, 0.717) is 23.6 Å². The summed E-state index contributed by atoms with van der Waals surface area (Å²) in [6.45, 7) is 4.12. The molecule has 0 unspecified atom stereocenters. The zero-order valence-electron chi connectivity index (χ0n) is 16.0. The second-order valence-electron chi connectivity index (χ2n) is 6.76. The molecule has 0 saturated carbocycles. The Kier molecular flexibility index (Phi) is 4.61. The Morgan fingerprint density at radius 2 is 1.71 bits per heavy atom. The van der Waals surface area contributed by atoms with Gasteiger partial charge in [-0.25, -0.2) is 4.68 Å². The lowest BCUT2D eigenvalue weighted by Gasteiger charge is -2.15. The van der Waals surface area contributed by atoms with Crippen LogP contribution in [0.2, 0.25) is 0 Å². The van der Waals surface area contributed by atoms with Crippen molar-refractivity contribution in [2.75, 3.05) is 7.05 Å². The van der Waals surface area contributed by atoms with E-state index in [2.05, 4.69) is 5.10 Å². The van der Waals surface area contributed by atoms with Crippen molar-refractivity contribution in [3.05, 3.63) is 83.6 Å². The maximum Gasteiger partial charge on any atom is 0.257 e. The highest BCUT2D eigenvalue weighted by Gasteiger charge is 2.24. The number of hydrogen-bond acceptors (Lipinski definition) is 4. The lowest BCUT2D eigenvalue weighted by molar-refractivity contribution is 0.0775. The van der Waals surface area contributed by atoms with Crippen LogP contribution in [0.1, 0.15) is 27.6 Å². The Bertz CT molecular complexity index is 1110. The van der Waals surface area contributed by atoms with E-state index in [9.17, 15) is 4.79 Å². The largest absolute Gasteiger partial charge is 0.464 e. The van der Waals surface area contributed by atoms with Crippen molar-refractivity contribution >= 4 is 5.91 Å². The first-order valence-corrected chi connectivity index (χ1v) is 9.04.